The fourth-order valence-electron chi connectivity index (χ4n) is 4.20. The molecule has 0 unspecified atom stereocenters. The molecule has 5 rings (SSSR count). The summed E-state index contributed by atoms with van der Waals surface area (Å²) in [6.07, 6.45) is 4.78. The van der Waals surface area contributed by atoms with Crippen molar-refractivity contribution in [3.63, 3.8) is 0 Å². The first-order valence-corrected chi connectivity index (χ1v) is 13.7. The topological polar surface area (TPSA) is 40.6 Å². The number of rotatable bonds is 7. The number of amides is 2. The molecule has 0 radical (unpaired) electrons. The maximum absolute atomic E-state index is 13.3. The number of hydrogen-bond donors (Lipinski definition) is 0. The third kappa shape index (κ3) is 5.22. The van der Waals surface area contributed by atoms with Gasteiger partial charge in [0.15, 0.2) is 0 Å². The summed E-state index contributed by atoms with van der Waals surface area (Å²) in [6, 6.07) is 25.9. The number of thioether (sulfide) groups is 1. The lowest BCUT2D eigenvalue weighted by molar-refractivity contribution is -0.122. The molecule has 2 heterocycles. The van der Waals surface area contributed by atoms with Crippen molar-refractivity contribution in [3.8, 4) is 0 Å². The first-order valence-electron chi connectivity index (χ1n) is 11.6. The zero-order chi connectivity index (χ0) is 24.2. The molecule has 0 bridgehead atoms. The molecular weight excluding hydrogens is 493 g/mol. The summed E-state index contributed by atoms with van der Waals surface area (Å²) >= 11 is 8.51. The Hall–Kier alpha value is -2.87. The van der Waals surface area contributed by atoms with Crippen LogP contribution in [0.15, 0.2) is 93.6 Å². The number of para-hydroxylation sites is 2. The fraction of sp³-hybridized carbons (Fsp3) is 0.179. The molecule has 1 saturated heterocycles. The van der Waals surface area contributed by atoms with Crippen molar-refractivity contribution in [1.29, 1.82) is 0 Å². The molecule has 35 heavy (non-hydrogen) atoms. The Morgan fingerprint density at radius 1 is 0.800 bits per heavy atom. The lowest BCUT2D eigenvalue weighted by Crippen LogP contribution is -2.29. The van der Waals surface area contributed by atoms with Gasteiger partial charge in [-0.2, -0.15) is 0 Å². The molecular formula is C28H24N2O2S3. The van der Waals surface area contributed by atoms with Crippen molar-refractivity contribution in [2.24, 2.45) is 0 Å². The molecule has 0 saturated carbocycles. The summed E-state index contributed by atoms with van der Waals surface area (Å²) in [6.45, 7) is 0.580. The van der Waals surface area contributed by atoms with E-state index < -0.39 is 0 Å². The first-order chi connectivity index (χ1) is 17.1. The Morgan fingerprint density at radius 2 is 1.43 bits per heavy atom. The van der Waals surface area contributed by atoms with Crippen LogP contribution in [0.5, 0.6) is 0 Å². The van der Waals surface area contributed by atoms with Crippen LogP contribution >= 0.6 is 35.7 Å². The minimum absolute atomic E-state index is 0.0287. The van der Waals surface area contributed by atoms with E-state index in [1.165, 1.54) is 11.8 Å². The van der Waals surface area contributed by atoms with Crippen LogP contribution in [0.1, 0.15) is 31.2 Å². The Balaban J connectivity index is 1.16. The number of carbonyl (C=O) groups is 2. The minimum atomic E-state index is -0.0287. The van der Waals surface area contributed by atoms with Crippen LogP contribution in [0.4, 0.5) is 11.4 Å². The van der Waals surface area contributed by atoms with Crippen LogP contribution in [-0.4, -0.2) is 27.6 Å². The number of nitrogens with zero attached hydrogens (tertiary/aromatic N) is 2. The Bertz CT molecular complexity index is 1260. The summed E-state index contributed by atoms with van der Waals surface area (Å²) in [5.41, 5.74) is 2.89. The quantitative estimate of drug-likeness (QED) is 0.188. The smallest absolute Gasteiger partial charge is 0.266 e. The van der Waals surface area contributed by atoms with E-state index >= 15 is 0 Å². The average Bonchev–Trinajstić information content (AvgIpc) is 3.14. The van der Waals surface area contributed by atoms with Crippen LogP contribution in [-0.2, 0) is 9.59 Å². The van der Waals surface area contributed by atoms with Crippen molar-refractivity contribution < 1.29 is 9.59 Å². The number of thiocarbonyl (C=S) groups is 1. The van der Waals surface area contributed by atoms with Gasteiger partial charge in [-0.1, -0.05) is 96.8 Å². The largest absolute Gasteiger partial charge is 0.293 e. The van der Waals surface area contributed by atoms with E-state index in [0.29, 0.717) is 22.2 Å². The molecule has 0 aliphatic carbocycles. The normalized spacial score (nSPS) is 15.9. The van der Waals surface area contributed by atoms with Gasteiger partial charge in [0.25, 0.3) is 5.91 Å². The van der Waals surface area contributed by atoms with Gasteiger partial charge in [-0.25, -0.2) is 0 Å². The van der Waals surface area contributed by atoms with Gasteiger partial charge in [-0.3, -0.25) is 19.4 Å². The Kier molecular flexibility index (Phi) is 7.37. The highest BCUT2D eigenvalue weighted by atomic mass is 32.2. The highest BCUT2D eigenvalue weighted by Gasteiger charge is 2.31. The molecule has 3 aromatic rings. The van der Waals surface area contributed by atoms with Crippen molar-refractivity contribution in [1.82, 2.24) is 4.90 Å². The van der Waals surface area contributed by atoms with Crippen LogP contribution in [0.2, 0.25) is 0 Å². The maximum atomic E-state index is 13.3. The average molecular weight is 517 g/mol. The highest BCUT2D eigenvalue weighted by Crippen LogP contribution is 2.48. The third-order valence-corrected chi connectivity index (χ3v) is 8.43. The van der Waals surface area contributed by atoms with Gasteiger partial charge in [-0.15, -0.1) is 0 Å². The van der Waals surface area contributed by atoms with E-state index in [0.717, 1.165) is 46.0 Å². The number of unbranched alkanes of at least 4 members (excludes halogenated alkanes) is 2. The summed E-state index contributed by atoms with van der Waals surface area (Å²) < 4.78 is 0.604. The summed E-state index contributed by atoms with van der Waals surface area (Å²) in [7, 11) is 0. The molecule has 0 spiro atoms. The van der Waals surface area contributed by atoms with Gasteiger partial charge in [0.05, 0.1) is 16.3 Å². The zero-order valence-electron chi connectivity index (χ0n) is 19.1. The van der Waals surface area contributed by atoms with Crippen molar-refractivity contribution in [3.05, 3.63) is 89.3 Å². The number of carbonyl (C=O) groups excluding carboxylic acids is 2. The zero-order valence-corrected chi connectivity index (χ0v) is 21.5. The van der Waals surface area contributed by atoms with Gasteiger partial charge in [0.2, 0.25) is 5.91 Å². The minimum Gasteiger partial charge on any atom is -0.293 e. The number of fused-ring (bicyclic) bond motifs is 2. The molecule has 7 heteroatoms. The maximum Gasteiger partial charge on any atom is 0.266 e. The number of hydrogen-bond acceptors (Lipinski definition) is 5. The molecule has 1 fully saturated rings. The van der Waals surface area contributed by atoms with Crippen LogP contribution < -0.4 is 4.90 Å². The predicted molar refractivity (Wildman–Crippen MR) is 149 cm³/mol. The van der Waals surface area contributed by atoms with Gasteiger partial charge >= 0.3 is 0 Å². The third-order valence-electron chi connectivity index (χ3n) is 5.92. The van der Waals surface area contributed by atoms with Gasteiger partial charge in [0.1, 0.15) is 4.32 Å². The molecule has 2 aliphatic rings. The van der Waals surface area contributed by atoms with E-state index in [-0.39, 0.29) is 11.8 Å². The van der Waals surface area contributed by atoms with Crippen molar-refractivity contribution in [2.45, 2.75) is 35.5 Å². The second-order valence-corrected chi connectivity index (χ2v) is 11.1. The van der Waals surface area contributed by atoms with Crippen LogP contribution in [0, 0.1) is 0 Å². The molecule has 0 N–H and O–H groups in total. The monoisotopic (exact) mass is 516 g/mol. The Labute approximate surface area is 219 Å². The molecule has 3 aromatic carbocycles. The van der Waals surface area contributed by atoms with Crippen molar-refractivity contribution >= 4 is 69.3 Å². The second-order valence-electron chi connectivity index (χ2n) is 8.32. The van der Waals surface area contributed by atoms with E-state index in [9.17, 15) is 9.59 Å². The Morgan fingerprint density at radius 3 is 2.11 bits per heavy atom. The van der Waals surface area contributed by atoms with Gasteiger partial charge in [0, 0.05) is 22.8 Å². The molecule has 176 valence electrons. The van der Waals surface area contributed by atoms with Gasteiger partial charge < -0.3 is 0 Å². The van der Waals surface area contributed by atoms with E-state index in [1.54, 1.807) is 16.7 Å². The summed E-state index contributed by atoms with van der Waals surface area (Å²) in [5.74, 6) is 0.0700. The van der Waals surface area contributed by atoms with Crippen LogP contribution in [0.25, 0.3) is 6.08 Å². The molecule has 0 aromatic heterocycles. The lowest BCUT2D eigenvalue weighted by atomic mass is 10.1. The first kappa shape index (κ1) is 23.9. The number of anilines is 2. The lowest BCUT2D eigenvalue weighted by Gasteiger charge is -2.31. The van der Waals surface area contributed by atoms with E-state index in [1.807, 2.05) is 77.7 Å². The van der Waals surface area contributed by atoms with Crippen molar-refractivity contribution in [2.75, 3.05) is 11.4 Å². The molecule has 2 amide bonds. The predicted octanol–water partition coefficient (Wildman–Crippen LogP) is 7.28. The highest BCUT2D eigenvalue weighted by molar-refractivity contribution is 8.26. The van der Waals surface area contributed by atoms with Gasteiger partial charge in [-0.05, 0) is 48.7 Å². The fourth-order valence-corrected chi connectivity index (χ4v) is 6.57. The van der Waals surface area contributed by atoms with E-state index in [2.05, 4.69) is 12.1 Å². The summed E-state index contributed by atoms with van der Waals surface area (Å²) in [4.78, 5) is 32.5. The second kappa shape index (κ2) is 10.8. The summed E-state index contributed by atoms with van der Waals surface area (Å²) in [5, 5.41) is 0. The van der Waals surface area contributed by atoms with Crippen LogP contribution in [0.3, 0.4) is 0 Å². The molecule has 0 atom stereocenters. The molecule has 4 nitrogen and oxygen atoms in total. The number of benzene rings is 3. The molecule has 2 aliphatic heterocycles. The van der Waals surface area contributed by atoms with E-state index in [4.69, 9.17) is 12.2 Å². The standard InChI is InChI=1S/C28H24N2O2S3/c31-26(30-21-13-6-8-15-23(21)34-24-16-9-7-14-22(24)30)17-5-2-10-18-29-27(32)25(35-28(29)33)19-20-11-3-1-4-12-20/h1,3-4,6-9,11-16,19H,2,5,10,17-18H2/b25-19-. The SMILES string of the molecule is O=C1/C(=C/c2ccccc2)SC(=S)N1CCCCCC(=O)N1c2ccccc2Sc2ccccc21.